The number of piperazine rings is 1. The number of nitrogens with one attached hydrogen (secondary N) is 2. The number of amides is 2. The molecule has 0 unspecified atom stereocenters. The quantitative estimate of drug-likeness (QED) is 0.505. The predicted molar refractivity (Wildman–Crippen MR) is 138 cm³/mol. The minimum absolute atomic E-state index is 0.163. The van der Waals surface area contributed by atoms with Crippen molar-refractivity contribution < 1.29 is 18.7 Å². The van der Waals surface area contributed by atoms with Crippen molar-refractivity contribution in [1.82, 2.24) is 9.88 Å². The highest BCUT2D eigenvalue weighted by molar-refractivity contribution is 5.95. The summed E-state index contributed by atoms with van der Waals surface area (Å²) in [6.45, 7) is 7.75. The lowest BCUT2D eigenvalue weighted by Crippen LogP contribution is -2.49. The van der Waals surface area contributed by atoms with Crippen LogP contribution >= 0.6 is 0 Å². The maximum Gasteiger partial charge on any atom is 0.412 e. The van der Waals surface area contributed by atoms with Crippen molar-refractivity contribution in [3.63, 3.8) is 0 Å². The number of aromatic nitrogens is 1. The molecule has 0 spiro atoms. The highest BCUT2D eigenvalue weighted by atomic mass is 19.1. The van der Waals surface area contributed by atoms with E-state index in [-0.39, 0.29) is 11.6 Å². The first kappa shape index (κ1) is 25.0. The van der Waals surface area contributed by atoms with Gasteiger partial charge in [-0.1, -0.05) is 24.3 Å². The number of benzene rings is 2. The number of para-hydroxylation sites is 1. The first-order valence-corrected chi connectivity index (χ1v) is 11.8. The largest absolute Gasteiger partial charge is 0.444 e. The van der Waals surface area contributed by atoms with E-state index in [9.17, 15) is 14.0 Å². The first-order chi connectivity index (χ1) is 17.2. The van der Waals surface area contributed by atoms with E-state index in [1.165, 1.54) is 18.2 Å². The van der Waals surface area contributed by atoms with Crippen molar-refractivity contribution in [3.05, 3.63) is 78.2 Å². The summed E-state index contributed by atoms with van der Waals surface area (Å²) >= 11 is 0. The Hall–Kier alpha value is -4.14. The molecule has 8 nitrogen and oxygen atoms in total. The minimum atomic E-state index is -0.684. The number of hydrogen-bond acceptors (Lipinski definition) is 6. The van der Waals surface area contributed by atoms with E-state index < -0.39 is 17.5 Å². The molecule has 1 fully saturated rings. The summed E-state index contributed by atoms with van der Waals surface area (Å²) in [4.78, 5) is 34.2. The smallest absolute Gasteiger partial charge is 0.412 e. The van der Waals surface area contributed by atoms with Gasteiger partial charge in [0, 0.05) is 43.6 Å². The number of hydrogen-bond donors (Lipinski definition) is 2. The zero-order chi connectivity index (χ0) is 25.7. The molecule has 0 atom stereocenters. The molecule has 36 heavy (non-hydrogen) atoms. The van der Waals surface area contributed by atoms with Crippen LogP contribution in [0.25, 0.3) is 0 Å². The second-order valence-electron chi connectivity index (χ2n) is 9.50. The van der Waals surface area contributed by atoms with Gasteiger partial charge in [-0.25, -0.2) is 14.2 Å². The third-order valence-electron chi connectivity index (χ3n) is 5.47. The van der Waals surface area contributed by atoms with Gasteiger partial charge in [-0.3, -0.25) is 10.1 Å². The van der Waals surface area contributed by atoms with E-state index >= 15 is 0 Å². The van der Waals surface area contributed by atoms with Gasteiger partial charge in [-0.05, 0) is 57.2 Å². The third kappa shape index (κ3) is 6.71. The highest BCUT2D eigenvalue weighted by Crippen LogP contribution is 2.23. The summed E-state index contributed by atoms with van der Waals surface area (Å²) in [6.07, 6.45) is -0.653. The van der Waals surface area contributed by atoms with Crippen LogP contribution in [0, 0.1) is 5.82 Å². The fourth-order valence-electron chi connectivity index (χ4n) is 3.88. The number of rotatable bonds is 5. The molecular weight excluding hydrogens is 461 g/mol. The molecular formula is C27H30FN5O3. The van der Waals surface area contributed by atoms with E-state index in [1.807, 2.05) is 18.2 Å². The van der Waals surface area contributed by atoms with E-state index in [4.69, 9.17) is 4.74 Å². The van der Waals surface area contributed by atoms with E-state index in [0.717, 1.165) is 5.69 Å². The fourth-order valence-corrected chi connectivity index (χ4v) is 3.88. The van der Waals surface area contributed by atoms with Crippen molar-refractivity contribution in [2.24, 2.45) is 0 Å². The number of halogens is 1. The van der Waals surface area contributed by atoms with Crippen LogP contribution in [0.4, 0.5) is 32.1 Å². The van der Waals surface area contributed by atoms with Crippen LogP contribution in [-0.2, 0) is 4.74 Å². The van der Waals surface area contributed by atoms with Gasteiger partial charge in [0.15, 0.2) is 0 Å². The molecule has 0 saturated carbocycles. The summed E-state index contributed by atoms with van der Waals surface area (Å²) in [5.41, 5.74) is 1.40. The topological polar surface area (TPSA) is 86.8 Å². The lowest BCUT2D eigenvalue weighted by Gasteiger charge is -2.36. The monoisotopic (exact) mass is 491 g/mol. The molecule has 0 aliphatic carbocycles. The number of carbonyl (C=O) groups is 2. The molecule has 0 radical (unpaired) electrons. The van der Waals surface area contributed by atoms with Crippen molar-refractivity contribution in [2.45, 2.75) is 26.4 Å². The average molecular weight is 492 g/mol. The van der Waals surface area contributed by atoms with Gasteiger partial charge < -0.3 is 19.9 Å². The van der Waals surface area contributed by atoms with Gasteiger partial charge >= 0.3 is 6.09 Å². The molecule has 2 aromatic carbocycles. The molecule has 1 aliphatic heterocycles. The zero-order valence-electron chi connectivity index (χ0n) is 20.6. The number of ether oxygens (including phenoxy) is 1. The Morgan fingerprint density at radius 3 is 2.31 bits per heavy atom. The second-order valence-corrected chi connectivity index (χ2v) is 9.50. The van der Waals surface area contributed by atoms with Crippen molar-refractivity contribution in [3.8, 4) is 0 Å². The molecule has 3 aromatic rings. The molecule has 0 bridgehead atoms. The summed E-state index contributed by atoms with van der Waals surface area (Å²) < 4.78 is 19.0. The summed E-state index contributed by atoms with van der Waals surface area (Å²) in [7, 11) is 0. The van der Waals surface area contributed by atoms with Crippen LogP contribution in [0.2, 0.25) is 0 Å². The number of nitrogens with zero attached hydrogens (tertiary/aromatic N) is 3. The van der Waals surface area contributed by atoms with Crippen molar-refractivity contribution in [2.75, 3.05) is 41.7 Å². The number of anilines is 4. The van der Waals surface area contributed by atoms with Crippen LogP contribution in [0.5, 0.6) is 0 Å². The van der Waals surface area contributed by atoms with Gasteiger partial charge in [-0.15, -0.1) is 0 Å². The molecule has 2 amide bonds. The van der Waals surface area contributed by atoms with E-state index in [2.05, 4.69) is 32.7 Å². The van der Waals surface area contributed by atoms with E-state index in [0.29, 0.717) is 43.4 Å². The van der Waals surface area contributed by atoms with Crippen LogP contribution < -0.4 is 15.5 Å². The van der Waals surface area contributed by atoms with Gasteiger partial charge in [0.1, 0.15) is 22.9 Å². The standard InChI is InChI=1S/C27H30FN5O3/c1-27(2,3)36-26(35)30-21-17-23(31-24(18-21)29-20-9-7-8-19(28)16-20)25(34)33-14-12-32(13-15-33)22-10-5-4-6-11-22/h4-11,16-18H,12-15H2,1-3H3,(H2,29,30,31,35). The Morgan fingerprint density at radius 2 is 1.64 bits per heavy atom. The average Bonchev–Trinajstić information content (AvgIpc) is 2.83. The Balaban J connectivity index is 1.54. The third-order valence-corrected chi connectivity index (χ3v) is 5.47. The minimum Gasteiger partial charge on any atom is -0.444 e. The molecule has 1 aliphatic rings. The number of carbonyl (C=O) groups excluding carboxylic acids is 2. The summed E-state index contributed by atoms with van der Waals surface area (Å²) in [6, 6.07) is 19.1. The maximum atomic E-state index is 13.7. The summed E-state index contributed by atoms with van der Waals surface area (Å²) in [5.74, 6) is -0.367. The molecule has 9 heteroatoms. The Morgan fingerprint density at radius 1 is 0.917 bits per heavy atom. The lowest BCUT2D eigenvalue weighted by atomic mass is 10.2. The zero-order valence-corrected chi connectivity index (χ0v) is 20.6. The highest BCUT2D eigenvalue weighted by Gasteiger charge is 2.24. The maximum absolute atomic E-state index is 13.7. The van der Waals surface area contributed by atoms with Crippen LogP contribution in [-0.4, -0.2) is 53.7 Å². The normalized spacial score (nSPS) is 13.8. The SMILES string of the molecule is CC(C)(C)OC(=O)Nc1cc(Nc2cccc(F)c2)nc(C(=O)N2CCN(c3ccccc3)CC2)c1. The fraction of sp³-hybridized carbons (Fsp3) is 0.296. The van der Waals surface area contributed by atoms with Gasteiger partial charge in [0.25, 0.3) is 5.91 Å². The molecule has 2 N–H and O–H groups in total. The van der Waals surface area contributed by atoms with Gasteiger partial charge in [0.2, 0.25) is 0 Å². The molecule has 1 saturated heterocycles. The molecule has 188 valence electrons. The second kappa shape index (κ2) is 10.6. The lowest BCUT2D eigenvalue weighted by molar-refractivity contribution is 0.0634. The van der Waals surface area contributed by atoms with E-state index in [1.54, 1.807) is 43.9 Å². The Bertz CT molecular complexity index is 1220. The number of pyridine rings is 1. The van der Waals surface area contributed by atoms with Crippen molar-refractivity contribution >= 4 is 34.9 Å². The van der Waals surface area contributed by atoms with Crippen LogP contribution in [0.15, 0.2) is 66.7 Å². The van der Waals surface area contributed by atoms with Crippen LogP contribution in [0.1, 0.15) is 31.3 Å². The molecule has 1 aromatic heterocycles. The summed E-state index contributed by atoms with van der Waals surface area (Å²) in [5, 5.41) is 5.68. The molecule has 4 rings (SSSR count). The molecule has 2 heterocycles. The Labute approximate surface area is 210 Å². The van der Waals surface area contributed by atoms with Crippen molar-refractivity contribution in [1.29, 1.82) is 0 Å². The van der Waals surface area contributed by atoms with Crippen LogP contribution in [0.3, 0.4) is 0 Å². The Kier molecular flexibility index (Phi) is 7.38. The van der Waals surface area contributed by atoms with Gasteiger partial charge in [-0.2, -0.15) is 0 Å². The first-order valence-electron chi connectivity index (χ1n) is 11.8. The predicted octanol–water partition coefficient (Wildman–Crippen LogP) is 5.27. The van der Waals surface area contributed by atoms with Gasteiger partial charge in [0.05, 0.1) is 5.69 Å².